The van der Waals surface area contributed by atoms with Gasteiger partial charge in [-0.25, -0.2) is 4.99 Å². The van der Waals surface area contributed by atoms with Crippen LogP contribution in [0.1, 0.15) is 12.5 Å². The minimum Gasteiger partial charge on any atom is -0.504 e. The van der Waals surface area contributed by atoms with Gasteiger partial charge in [0.25, 0.3) is 5.91 Å². The summed E-state index contributed by atoms with van der Waals surface area (Å²) >= 11 is 1.32. The van der Waals surface area contributed by atoms with E-state index in [0.717, 1.165) is 17.0 Å². The van der Waals surface area contributed by atoms with Gasteiger partial charge in [-0.15, -0.1) is 0 Å². The van der Waals surface area contributed by atoms with Crippen LogP contribution >= 0.6 is 11.8 Å². The topological polar surface area (TPSA) is 71.4 Å². The van der Waals surface area contributed by atoms with Gasteiger partial charge >= 0.3 is 0 Å². The average molecular weight is 384 g/mol. The number of carbonyl (C=O) groups is 1. The van der Waals surface area contributed by atoms with Crippen LogP contribution in [-0.2, 0) is 4.79 Å². The minimum absolute atomic E-state index is 0.0574. The molecule has 2 aromatic rings. The Hall–Kier alpha value is -2.93. The van der Waals surface area contributed by atoms with Crippen LogP contribution < -0.4 is 9.47 Å². The quantitative estimate of drug-likeness (QED) is 0.788. The molecule has 1 amide bonds. The van der Waals surface area contributed by atoms with Crippen molar-refractivity contribution >= 4 is 34.6 Å². The van der Waals surface area contributed by atoms with Gasteiger partial charge < -0.3 is 14.6 Å². The molecule has 27 heavy (non-hydrogen) atoms. The first-order valence-corrected chi connectivity index (χ1v) is 9.18. The lowest BCUT2D eigenvalue weighted by Crippen LogP contribution is -2.28. The third-order valence-corrected chi connectivity index (χ3v) is 5.01. The number of likely N-dealkylation sites (N-methyl/N-ethyl adjacent to an activating group) is 1. The molecule has 0 saturated carbocycles. The molecule has 6 nitrogen and oxygen atoms in total. The molecule has 2 aromatic carbocycles. The molecule has 0 bridgehead atoms. The molecular formula is C20H20N2O4S. The summed E-state index contributed by atoms with van der Waals surface area (Å²) in [6.07, 6.45) is 1.77. The number of phenolic OH excluding ortho intramolecular Hbond substituents is 1. The second kappa shape index (κ2) is 8.18. The van der Waals surface area contributed by atoms with Crippen molar-refractivity contribution in [1.82, 2.24) is 4.90 Å². The van der Waals surface area contributed by atoms with Gasteiger partial charge in [0, 0.05) is 6.54 Å². The molecule has 0 atom stereocenters. The number of hydrogen-bond donors (Lipinski definition) is 1. The Bertz CT molecular complexity index is 907. The van der Waals surface area contributed by atoms with E-state index in [1.54, 1.807) is 36.3 Å². The SMILES string of the molecule is CCN1C(=O)/C(=C\c2ccc(O)c(OC)c2)SC1=Nc1ccc(OC)cc1. The van der Waals surface area contributed by atoms with Crippen LogP contribution in [0, 0.1) is 0 Å². The first-order valence-electron chi connectivity index (χ1n) is 8.37. The largest absolute Gasteiger partial charge is 0.504 e. The van der Waals surface area contributed by atoms with Gasteiger partial charge in [0.15, 0.2) is 16.7 Å². The van der Waals surface area contributed by atoms with Crippen LogP contribution in [0.2, 0.25) is 0 Å². The van der Waals surface area contributed by atoms with Gasteiger partial charge in [0.1, 0.15) is 5.75 Å². The predicted octanol–water partition coefficient (Wildman–Crippen LogP) is 4.03. The zero-order valence-corrected chi connectivity index (χ0v) is 16.1. The molecule has 140 valence electrons. The molecule has 1 aliphatic heterocycles. The van der Waals surface area contributed by atoms with Crippen LogP contribution in [0.15, 0.2) is 52.4 Å². The summed E-state index contributed by atoms with van der Waals surface area (Å²) in [4.78, 5) is 19.5. The van der Waals surface area contributed by atoms with Crippen molar-refractivity contribution in [3.63, 3.8) is 0 Å². The van der Waals surface area contributed by atoms with Crippen molar-refractivity contribution in [3.8, 4) is 17.2 Å². The summed E-state index contributed by atoms with van der Waals surface area (Å²) < 4.78 is 10.3. The Morgan fingerprint density at radius 3 is 2.52 bits per heavy atom. The zero-order valence-electron chi connectivity index (χ0n) is 15.3. The second-order valence-electron chi connectivity index (χ2n) is 5.68. The summed E-state index contributed by atoms with van der Waals surface area (Å²) in [5.74, 6) is 1.08. The number of benzene rings is 2. The van der Waals surface area contributed by atoms with Crippen LogP contribution in [0.25, 0.3) is 6.08 Å². The zero-order chi connectivity index (χ0) is 19.4. The van der Waals surface area contributed by atoms with E-state index in [2.05, 4.69) is 4.99 Å². The fourth-order valence-corrected chi connectivity index (χ4v) is 3.64. The smallest absolute Gasteiger partial charge is 0.266 e. The van der Waals surface area contributed by atoms with Crippen molar-refractivity contribution < 1.29 is 19.4 Å². The highest BCUT2D eigenvalue weighted by Crippen LogP contribution is 2.35. The Morgan fingerprint density at radius 1 is 1.15 bits per heavy atom. The van der Waals surface area contributed by atoms with Crippen molar-refractivity contribution in [2.75, 3.05) is 20.8 Å². The molecular weight excluding hydrogens is 364 g/mol. The number of amidine groups is 1. The van der Waals surface area contributed by atoms with E-state index in [1.807, 2.05) is 31.2 Å². The van der Waals surface area contributed by atoms with Gasteiger partial charge in [-0.2, -0.15) is 0 Å². The van der Waals surface area contributed by atoms with Crippen LogP contribution in [0.3, 0.4) is 0 Å². The molecule has 1 saturated heterocycles. The van der Waals surface area contributed by atoms with E-state index in [1.165, 1.54) is 18.9 Å². The Kier molecular flexibility index (Phi) is 5.71. The average Bonchev–Trinajstić information content (AvgIpc) is 2.98. The number of carbonyl (C=O) groups excluding carboxylic acids is 1. The number of ether oxygens (including phenoxy) is 2. The first-order chi connectivity index (χ1) is 13.0. The second-order valence-corrected chi connectivity index (χ2v) is 6.69. The van der Waals surface area contributed by atoms with Gasteiger partial charge in [-0.1, -0.05) is 6.07 Å². The van der Waals surface area contributed by atoms with Crippen molar-refractivity contribution in [3.05, 3.63) is 52.9 Å². The number of nitrogens with zero attached hydrogens (tertiary/aromatic N) is 2. The lowest BCUT2D eigenvalue weighted by Gasteiger charge is -2.12. The van der Waals surface area contributed by atoms with Crippen molar-refractivity contribution in [1.29, 1.82) is 0 Å². The van der Waals surface area contributed by atoms with E-state index in [0.29, 0.717) is 22.4 Å². The predicted molar refractivity (Wildman–Crippen MR) is 108 cm³/mol. The minimum atomic E-state index is -0.0956. The van der Waals surface area contributed by atoms with Crippen LogP contribution in [0.4, 0.5) is 5.69 Å². The van der Waals surface area contributed by atoms with Crippen LogP contribution in [-0.4, -0.2) is 41.8 Å². The molecule has 3 rings (SSSR count). The fourth-order valence-electron chi connectivity index (χ4n) is 2.57. The maximum absolute atomic E-state index is 12.7. The Balaban J connectivity index is 1.90. The summed E-state index contributed by atoms with van der Waals surface area (Å²) in [5.41, 5.74) is 1.51. The molecule has 1 N–H and O–H groups in total. The standard InChI is InChI=1S/C20H20N2O4S/c1-4-22-19(24)18(12-13-5-10-16(23)17(11-13)26-3)27-20(22)21-14-6-8-15(25-2)9-7-14/h5-12,23H,4H2,1-3H3/b18-12+,21-20?. The monoisotopic (exact) mass is 384 g/mol. The van der Waals surface area contributed by atoms with Crippen molar-refractivity contribution in [2.45, 2.75) is 6.92 Å². The van der Waals surface area contributed by atoms with E-state index in [-0.39, 0.29) is 11.7 Å². The number of aliphatic imine (C=N–C) groups is 1. The maximum atomic E-state index is 12.7. The first kappa shape index (κ1) is 18.8. The normalized spacial score (nSPS) is 17.0. The highest BCUT2D eigenvalue weighted by Gasteiger charge is 2.32. The van der Waals surface area contributed by atoms with Gasteiger partial charge in [-0.05, 0) is 66.7 Å². The van der Waals surface area contributed by atoms with E-state index in [9.17, 15) is 9.90 Å². The molecule has 0 aromatic heterocycles. The summed E-state index contributed by atoms with van der Waals surface area (Å²) in [7, 11) is 3.10. The highest BCUT2D eigenvalue weighted by atomic mass is 32.2. The van der Waals surface area contributed by atoms with Crippen LogP contribution in [0.5, 0.6) is 17.2 Å². The number of rotatable bonds is 5. The van der Waals surface area contributed by atoms with Gasteiger partial charge in [0.05, 0.1) is 24.8 Å². The Labute approximate surface area is 162 Å². The number of hydrogen-bond acceptors (Lipinski definition) is 6. The number of methoxy groups -OCH3 is 2. The summed E-state index contributed by atoms with van der Waals surface area (Å²) in [6.45, 7) is 2.44. The van der Waals surface area contributed by atoms with E-state index < -0.39 is 0 Å². The number of amides is 1. The van der Waals surface area contributed by atoms with Gasteiger partial charge in [-0.3, -0.25) is 9.69 Å². The molecule has 0 radical (unpaired) electrons. The lowest BCUT2D eigenvalue weighted by atomic mass is 10.2. The lowest BCUT2D eigenvalue weighted by molar-refractivity contribution is -0.122. The molecule has 0 unspecified atom stereocenters. The molecule has 1 aliphatic rings. The molecule has 1 fully saturated rings. The number of thioether (sulfide) groups is 1. The van der Waals surface area contributed by atoms with E-state index >= 15 is 0 Å². The fraction of sp³-hybridized carbons (Fsp3) is 0.200. The molecule has 1 heterocycles. The third kappa shape index (κ3) is 4.09. The summed E-state index contributed by atoms with van der Waals surface area (Å²) in [6, 6.07) is 12.3. The third-order valence-electron chi connectivity index (χ3n) is 4.00. The summed E-state index contributed by atoms with van der Waals surface area (Å²) in [5, 5.41) is 10.3. The Morgan fingerprint density at radius 2 is 1.89 bits per heavy atom. The van der Waals surface area contributed by atoms with Crippen molar-refractivity contribution in [2.24, 2.45) is 4.99 Å². The number of phenols is 1. The number of aromatic hydroxyl groups is 1. The molecule has 0 spiro atoms. The molecule has 7 heteroatoms. The van der Waals surface area contributed by atoms with E-state index in [4.69, 9.17) is 9.47 Å². The highest BCUT2D eigenvalue weighted by molar-refractivity contribution is 8.18. The van der Waals surface area contributed by atoms with Gasteiger partial charge in [0.2, 0.25) is 0 Å². The maximum Gasteiger partial charge on any atom is 0.266 e. The molecule has 0 aliphatic carbocycles.